The Morgan fingerprint density at radius 2 is 1.89 bits per heavy atom. The maximum absolute atomic E-state index is 12.2. The third kappa shape index (κ3) is 3.47. The van der Waals surface area contributed by atoms with Crippen LogP contribution in [0.4, 0.5) is 5.82 Å². The van der Waals surface area contributed by atoms with Crippen LogP contribution in [0.5, 0.6) is 0 Å². The van der Waals surface area contributed by atoms with E-state index in [2.05, 4.69) is 18.7 Å². The standard InChI is InChI=1S/C19H28N4O2S2/c1-4-16-20-18(22-8-10-23(11-9-22)27(24,25)5-2)17-14-7-6-13(3)12-15(14)26-19(17)21-16/h13H,4-12H2,1-3H3/t13-/m0/s1. The van der Waals surface area contributed by atoms with E-state index in [4.69, 9.17) is 9.97 Å². The van der Waals surface area contributed by atoms with Crippen LogP contribution in [0.3, 0.4) is 0 Å². The van der Waals surface area contributed by atoms with Gasteiger partial charge in [-0.3, -0.25) is 0 Å². The van der Waals surface area contributed by atoms with Gasteiger partial charge in [-0.1, -0.05) is 13.8 Å². The molecule has 8 heteroatoms. The highest BCUT2D eigenvalue weighted by Crippen LogP contribution is 2.41. The van der Waals surface area contributed by atoms with Gasteiger partial charge in [0, 0.05) is 37.5 Å². The predicted octanol–water partition coefficient (Wildman–Crippen LogP) is 2.85. The second-order valence-electron chi connectivity index (χ2n) is 7.64. The van der Waals surface area contributed by atoms with Gasteiger partial charge in [0.05, 0.1) is 11.1 Å². The van der Waals surface area contributed by atoms with Crippen LogP contribution < -0.4 is 4.90 Å². The van der Waals surface area contributed by atoms with Crippen molar-refractivity contribution in [3.05, 3.63) is 16.3 Å². The first-order valence-electron chi connectivity index (χ1n) is 9.96. The molecule has 2 aromatic heterocycles. The normalized spacial score (nSPS) is 21.6. The molecular formula is C19H28N4O2S2. The Hall–Kier alpha value is -1.25. The predicted molar refractivity (Wildman–Crippen MR) is 111 cm³/mol. The van der Waals surface area contributed by atoms with Crippen molar-refractivity contribution in [2.45, 2.75) is 46.5 Å². The van der Waals surface area contributed by atoms with Crippen LogP contribution in [0.15, 0.2) is 0 Å². The second kappa shape index (κ2) is 7.29. The van der Waals surface area contributed by atoms with Crippen LogP contribution in [0, 0.1) is 5.92 Å². The average molecular weight is 409 g/mol. The first kappa shape index (κ1) is 19.1. The van der Waals surface area contributed by atoms with E-state index in [1.54, 1.807) is 11.2 Å². The summed E-state index contributed by atoms with van der Waals surface area (Å²) >= 11 is 1.84. The summed E-state index contributed by atoms with van der Waals surface area (Å²) in [5.41, 5.74) is 1.44. The molecule has 0 radical (unpaired) electrons. The van der Waals surface area contributed by atoms with Gasteiger partial charge in [0.25, 0.3) is 0 Å². The fraction of sp³-hybridized carbons (Fsp3) is 0.684. The largest absolute Gasteiger partial charge is 0.353 e. The molecule has 1 atom stereocenters. The molecular weight excluding hydrogens is 380 g/mol. The van der Waals surface area contributed by atoms with E-state index in [1.807, 2.05) is 11.3 Å². The Morgan fingerprint density at radius 3 is 2.56 bits per heavy atom. The smallest absolute Gasteiger partial charge is 0.213 e. The van der Waals surface area contributed by atoms with Gasteiger partial charge in [0.15, 0.2) is 0 Å². The molecule has 0 amide bonds. The molecule has 27 heavy (non-hydrogen) atoms. The van der Waals surface area contributed by atoms with Crippen LogP contribution in [-0.2, 0) is 29.3 Å². The molecule has 6 nitrogen and oxygen atoms in total. The molecule has 0 spiro atoms. The number of fused-ring (bicyclic) bond motifs is 3. The van der Waals surface area contributed by atoms with E-state index in [0.29, 0.717) is 26.2 Å². The van der Waals surface area contributed by atoms with Gasteiger partial charge in [0.1, 0.15) is 16.5 Å². The first-order valence-corrected chi connectivity index (χ1v) is 12.4. The number of hydrogen-bond acceptors (Lipinski definition) is 6. The highest BCUT2D eigenvalue weighted by atomic mass is 32.2. The maximum Gasteiger partial charge on any atom is 0.213 e. The Morgan fingerprint density at radius 1 is 1.15 bits per heavy atom. The summed E-state index contributed by atoms with van der Waals surface area (Å²) in [6.45, 7) is 8.57. The van der Waals surface area contributed by atoms with Gasteiger partial charge >= 0.3 is 0 Å². The molecule has 0 saturated carbocycles. The summed E-state index contributed by atoms with van der Waals surface area (Å²) in [6.07, 6.45) is 4.27. The van der Waals surface area contributed by atoms with Crippen molar-refractivity contribution in [1.29, 1.82) is 0 Å². The number of hydrogen-bond donors (Lipinski definition) is 0. The quantitative estimate of drug-likeness (QED) is 0.778. The Bertz CT molecular complexity index is 946. The molecule has 4 rings (SSSR count). The lowest BCUT2D eigenvalue weighted by Gasteiger charge is -2.35. The van der Waals surface area contributed by atoms with Crippen molar-refractivity contribution in [1.82, 2.24) is 14.3 Å². The minimum absolute atomic E-state index is 0.168. The number of rotatable bonds is 4. The van der Waals surface area contributed by atoms with E-state index in [0.717, 1.165) is 41.7 Å². The lowest BCUT2D eigenvalue weighted by atomic mass is 9.89. The second-order valence-corrected chi connectivity index (χ2v) is 11.0. The highest BCUT2D eigenvalue weighted by Gasteiger charge is 2.30. The molecule has 0 unspecified atom stereocenters. The summed E-state index contributed by atoms with van der Waals surface area (Å²) in [6, 6.07) is 0. The monoisotopic (exact) mass is 408 g/mol. The molecule has 1 aliphatic heterocycles. The van der Waals surface area contributed by atoms with Crippen molar-refractivity contribution in [3.8, 4) is 0 Å². The summed E-state index contributed by atoms with van der Waals surface area (Å²) in [5, 5.41) is 1.23. The molecule has 0 aromatic carbocycles. The number of thiophene rings is 1. The minimum Gasteiger partial charge on any atom is -0.353 e. The van der Waals surface area contributed by atoms with Gasteiger partial charge in [0.2, 0.25) is 10.0 Å². The van der Waals surface area contributed by atoms with Gasteiger partial charge in [-0.25, -0.2) is 18.4 Å². The molecule has 2 aromatic rings. The Balaban J connectivity index is 1.71. The number of aromatic nitrogens is 2. The number of sulfonamides is 1. The first-order chi connectivity index (χ1) is 12.9. The van der Waals surface area contributed by atoms with Crippen molar-refractivity contribution in [2.24, 2.45) is 5.92 Å². The minimum atomic E-state index is -3.12. The number of nitrogens with zero attached hydrogens (tertiary/aromatic N) is 4. The highest BCUT2D eigenvalue weighted by molar-refractivity contribution is 7.89. The summed E-state index contributed by atoms with van der Waals surface area (Å²) in [4.78, 5) is 14.6. The topological polar surface area (TPSA) is 66.4 Å². The van der Waals surface area contributed by atoms with Crippen molar-refractivity contribution < 1.29 is 8.42 Å². The molecule has 1 saturated heterocycles. The van der Waals surface area contributed by atoms with Crippen LogP contribution in [0.25, 0.3) is 10.2 Å². The zero-order valence-electron chi connectivity index (χ0n) is 16.4. The summed E-state index contributed by atoms with van der Waals surface area (Å²) < 4.78 is 26.0. The lowest BCUT2D eigenvalue weighted by Crippen LogP contribution is -2.49. The number of aryl methyl sites for hydroxylation is 2. The average Bonchev–Trinajstić information content (AvgIpc) is 3.04. The summed E-state index contributed by atoms with van der Waals surface area (Å²) in [7, 11) is -3.12. The fourth-order valence-electron chi connectivity index (χ4n) is 4.11. The van der Waals surface area contributed by atoms with E-state index in [1.165, 1.54) is 22.2 Å². The van der Waals surface area contributed by atoms with Crippen LogP contribution >= 0.6 is 11.3 Å². The van der Waals surface area contributed by atoms with Gasteiger partial charge in [-0.2, -0.15) is 4.31 Å². The van der Waals surface area contributed by atoms with E-state index >= 15 is 0 Å². The van der Waals surface area contributed by atoms with Crippen molar-refractivity contribution >= 4 is 37.4 Å². The Labute approximate surface area is 165 Å². The molecule has 0 bridgehead atoms. The molecule has 3 heterocycles. The van der Waals surface area contributed by atoms with Crippen LogP contribution in [-0.4, -0.2) is 54.6 Å². The maximum atomic E-state index is 12.2. The van der Waals surface area contributed by atoms with Crippen molar-refractivity contribution in [3.63, 3.8) is 0 Å². The molecule has 0 N–H and O–H groups in total. The third-order valence-corrected chi connectivity index (χ3v) is 8.82. The third-order valence-electron chi connectivity index (χ3n) is 5.79. The van der Waals surface area contributed by atoms with E-state index in [9.17, 15) is 8.42 Å². The fourth-order valence-corrected chi connectivity index (χ4v) is 6.59. The molecule has 2 aliphatic rings. The Kier molecular flexibility index (Phi) is 5.16. The number of anilines is 1. The lowest BCUT2D eigenvalue weighted by molar-refractivity contribution is 0.384. The number of piperazine rings is 1. The van der Waals surface area contributed by atoms with Crippen LogP contribution in [0.2, 0.25) is 0 Å². The zero-order valence-corrected chi connectivity index (χ0v) is 18.0. The molecule has 1 aliphatic carbocycles. The van der Waals surface area contributed by atoms with Gasteiger partial charge in [-0.05, 0) is 37.7 Å². The zero-order chi connectivity index (χ0) is 19.2. The van der Waals surface area contributed by atoms with Gasteiger partial charge in [-0.15, -0.1) is 11.3 Å². The van der Waals surface area contributed by atoms with E-state index in [-0.39, 0.29) is 5.75 Å². The van der Waals surface area contributed by atoms with E-state index < -0.39 is 10.0 Å². The van der Waals surface area contributed by atoms with Crippen LogP contribution in [0.1, 0.15) is 43.5 Å². The van der Waals surface area contributed by atoms with Crippen molar-refractivity contribution in [2.75, 3.05) is 36.8 Å². The SMILES string of the molecule is CCc1nc(N2CCN(S(=O)(=O)CC)CC2)c2c3c(sc2n1)C[C@@H](C)CC3. The van der Waals surface area contributed by atoms with Gasteiger partial charge < -0.3 is 4.90 Å². The summed E-state index contributed by atoms with van der Waals surface area (Å²) in [5.74, 6) is 2.81. The molecule has 148 valence electrons. The molecule has 1 fully saturated rings.